The Morgan fingerprint density at radius 3 is 2.59 bits per heavy atom. The van der Waals surface area contributed by atoms with E-state index in [9.17, 15) is 0 Å². The number of hydrogen-bond acceptors (Lipinski definition) is 1. The second-order valence-corrected chi connectivity index (χ2v) is 8.46. The van der Waals surface area contributed by atoms with Gasteiger partial charge in [-0.1, -0.05) is 42.0 Å². The van der Waals surface area contributed by atoms with E-state index in [2.05, 4.69) is 37.7 Å². The van der Waals surface area contributed by atoms with E-state index in [0.29, 0.717) is 0 Å². The number of terminal acetylenes is 1. The molecular weight excluding hydrogens is 224 g/mol. The summed E-state index contributed by atoms with van der Waals surface area (Å²) in [5.41, 5.74) is 3.22. The molecule has 0 aromatic heterocycles. The molecule has 0 saturated carbocycles. The molecule has 1 atom stereocenters. The number of rotatable bonds is 6. The molecule has 0 aliphatic heterocycles. The number of hydrogen-bond donors (Lipinski definition) is 0. The molecule has 1 aromatic carbocycles. The van der Waals surface area contributed by atoms with Gasteiger partial charge in [0.25, 0.3) is 0 Å². The third-order valence-corrected chi connectivity index (χ3v) is 4.54. The first-order chi connectivity index (χ1) is 8.07. The third-order valence-electron chi connectivity index (χ3n) is 2.66. The van der Waals surface area contributed by atoms with Crippen molar-refractivity contribution in [3.8, 4) is 12.3 Å². The van der Waals surface area contributed by atoms with Gasteiger partial charge >= 0.3 is 0 Å². The summed E-state index contributed by atoms with van der Waals surface area (Å²) in [6.45, 7) is 8.01. The summed E-state index contributed by atoms with van der Waals surface area (Å²) in [6, 6.07) is 10.3. The summed E-state index contributed by atoms with van der Waals surface area (Å²) < 4.78 is 5.94. The molecule has 0 aliphatic carbocycles. The van der Waals surface area contributed by atoms with Crippen LogP contribution in [0, 0.1) is 12.3 Å². The zero-order chi connectivity index (χ0) is 12.7. The maximum absolute atomic E-state index is 5.94. The van der Waals surface area contributed by atoms with Crippen LogP contribution in [-0.4, -0.2) is 14.4 Å². The smallest absolute Gasteiger partial charge is 0.212 e. The van der Waals surface area contributed by atoms with E-state index in [1.54, 1.807) is 0 Å². The largest absolute Gasteiger partial charge is 0.400 e. The van der Waals surface area contributed by atoms with Crippen molar-refractivity contribution < 1.29 is 4.43 Å². The van der Waals surface area contributed by atoms with Gasteiger partial charge in [0.05, 0.1) is 0 Å². The van der Waals surface area contributed by atoms with Crippen LogP contribution in [0.4, 0.5) is 0 Å². The van der Waals surface area contributed by atoms with Gasteiger partial charge < -0.3 is 4.43 Å². The zero-order valence-electron chi connectivity index (χ0n) is 10.6. The third kappa shape index (κ3) is 5.03. The lowest BCUT2D eigenvalue weighted by Crippen LogP contribution is -2.33. The van der Waals surface area contributed by atoms with Crippen molar-refractivity contribution in [2.45, 2.75) is 32.0 Å². The van der Waals surface area contributed by atoms with Crippen LogP contribution in [0.1, 0.15) is 12.0 Å². The van der Waals surface area contributed by atoms with Crippen molar-refractivity contribution in [1.82, 2.24) is 0 Å². The van der Waals surface area contributed by atoms with Crippen molar-refractivity contribution in [3.63, 3.8) is 0 Å². The SMILES string of the molecule is C#CC(CCc1ccccc1)O[Si](C)(C)C=C. The molecule has 0 N–H and O–H groups in total. The van der Waals surface area contributed by atoms with Gasteiger partial charge in [0.2, 0.25) is 8.32 Å². The van der Waals surface area contributed by atoms with Crippen LogP contribution >= 0.6 is 0 Å². The highest BCUT2D eigenvalue weighted by molar-refractivity contribution is 6.76. The van der Waals surface area contributed by atoms with E-state index < -0.39 is 8.32 Å². The first-order valence-electron chi connectivity index (χ1n) is 5.89. The molecule has 1 unspecified atom stereocenters. The molecule has 2 heteroatoms. The van der Waals surface area contributed by atoms with Crippen molar-refractivity contribution >= 4 is 8.32 Å². The Bertz CT molecular complexity index is 389. The molecule has 0 spiro atoms. The average Bonchev–Trinajstić information content (AvgIpc) is 2.35. The maximum Gasteiger partial charge on any atom is 0.212 e. The zero-order valence-corrected chi connectivity index (χ0v) is 11.6. The van der Waals surface area contributed by atoms with Crippen molar-refractivity contribution in [1.29, 1.82) is 0 Å². The van der Waals surface area contributed by atoms with E-state index in [-0.39, 0.29) is 6.10 Å². The summed E-state index contributed by atoms with van der Waals surface area (Å²) in [4.78, 5) is 0. The first-order valence-corrected chi connectivity index (χ1v) is 8.87. The monoisotopic (exact) mass is 244 g/mol. The molecule has 1 nitrogen and oxygen atoms in total. The Kier molecular flexibility index (Phi) is 5.21. The number of benzene rings is 1. The topological polar surface area (TPSA) is 9.23 Å². The Morgan fingerprint density at radius 2 is 2.06 bits per heavy atom. The van der Waals surface area contributed by atoms with E-state index >= 15 is 0 Å². The van der Waals surface area contributed by atoms with Gasteiger partial charge in [0.15, 0.2) is 0 Å². The summed E-state index contributed by atoms with van der Waals surface area (Å²) >= 11 is 0. The summed E-state index contributed by atoms with van der Waals surface area (Å²) in [5, 5.41) is 0. The van der Waals surface area contributed by atoms with Gasteiger partial charge in [-0.3, -0.25) is 0 Å². The predicted octanol–water partition coefficient (Wildman–Crippen LogP) is 3.57. The van der Waals surface area contributed by atoms with E-state index in [4.69, 9.17) is 10.8 Å². The van der Waals surface area contributed by atoms with Crippen LogP contribution in [0.5, 0.6) is 0 Å². The van der Waals surface area contributed by atoms with E-state index in [1.807, 2.05) is 23.9 Å². The minimum atomic E-state index is -1.78. The van der Waals surface area contributed by atoms with Crippen LogP contribution in [-0.2, 0) is 10.8 Å². The van der Waals surface area contributed by atoms with Crippen LogP contribution in [0.3, 0.4) is 0 Å². The highest BCUT2D eigenvalue weighted by Crippen LogP contribution is 2.13. The van der Waals surface area contributed by atoms with E-state index in [0.717, 1.165) is 12.8 Å². The fraction of sp³-hybridized carbons (Fsp3) is 0.333. The lowest BCUT2D eigenvalue weighted by atomic mass is 10.1. The van der Waals surface area contributed by atoms with Crippen molar-refractivity contribution in [2.75, 3.05) is 0 Å². The fourth-order valence-corrected chi connectivity index (χ4v) is 2.55. The molecule has 0 bridgehead atoms. The Hall–Kier alpha value is -1.30. The van der Waals surface area contributed by atoms with E-state index in [1.165, 1.54) is 5.56 Å². The molecular formula is C15H20OSi. The summed E-state index contributed by atoms with van der Waals surface area (Å²) in [6.07, 6.45) is 7.23. The minimum absolute atomic E-state index is 0.102. The lowest BCUT2D eigenvalue weighted by molar-refractivity contribution is 0.244. The quantitative estimate of drug-likeness (QED) is 0.549. The maximum atomic E-state index is 5.94. The minimum Gasteiger partial charge on any atom is -0.400 e. The Labute approximate surface area is 106 Å². The molecule has 90 valence electrons. The molecule has 1 rings (SSSR count). The van der Waals surface area contributed by atoms with Gasteiger partial charge in [0, 0.05) is 0 Å². The molecule has 0 saturated heterocycles. The van der Waals surface area contributed by atoms with Crippen LogP contribution in [0.15, 0.2) is 42.6 Å². The van der Waals surface area contributed by atoms with Gasteiger partial charge in [0.1, 0.15) is 6.10 Å². The molecule has 1 aromatic rings. The normalized spacial score (nSPS) is 12.8. The highest BCUT2D eigenvalue weighted by Gasteiger charge is 2.21. The molecule has 0 amide bonds. The van der Waals surface area contributed by atoms with Crippen molar-refractivity contribution in [2.24, 2.45) is 0 Å². The Balaban J connectivity index is 2.49. The molecule has 0 aliphatic rings. The number of aryl methyl sites for hydroxylation is 1. The molecule has 17 heavy (non-hydrogen) atoms. The lowest BCUT2D eigenvalue weighted by Gasteiger charge is -2.23. The highest BCUT2D eigenvalue weighted by atomic mass is 28.4. The second-order valence-electron chi connectivity index (χ2n) is 4.61. The van der Waals surface area contributed by atoms with Crippen LogP contribution < -0.4 is 0 Å². The van der Waals surface area contributed by atoms with Crippen LogP contribution in [0.2, 0.25) is 13.1 Å². The summed E-state index contributed by atoms with van der Waals surface area (Å²) in [5.74, 6) is 2.73. The van der Waals surface area contributed by atoms with Crippen molar-refractivity contribution in [3.05, 3.63) is 48.2 Å². The second kappa shape index (κ2) is 6.44. The first kappa shape index (κ1) is 13.8. The molecule has 0 heterocycles. The average molecular weight is 244 g/mol. The molecule has 0 radical (unpaired) electrons. The fourth-order valence-electron chi connectivity index (χ4n) is 1.53. The van der Waals surface area contributed by atoms with Crippen LogP contribution in [0.25, 0.3) is 0 Å². The predicted molar refractivity (Wildman–Crippen MR) is 76.1 cm³/mol. The molecule has 0 fully saturated rings. The van der Waals surface area contributed by atoms with Gasteiger partial charge in [-0.05, 0) is 31.5 Å². The van der Waals surface area contributed by atoms with Gasteiger partial charge in [-0.15, -0.1) is 13.0 Å². The standard InChI is InChI=1S/C15H20OSi/c1-5-15(16-17(3,4)6-2)13-12-14-10-8-7-9-11-14/h1,6-11,15H,2,12-13H2,3-4H3. The van der Waals surface area contributed by atoms with Gasteiger partial charge in [-0.2, -0.15) is 0 Å². The Morgan fingerprint density at radius 1 is 1.41 bits per heavy atom. The summed E-state index contributed by atoms with van der Waals surface area (Å²) in [7, 11) is -1.78. The van der Waals surface area contributed by atoms with Gasteiger partial charge in [-0.25, -0.2) is 0 Å².